The second-order valence-corrected chi connectivity index (χ2v) is 6.72. The maximum Gasteiger partial charge on any atom is 0.335 e. The van der Waals surface area contributed by atoms with Gasteiger partial charge in [-0.15, -0.1) is 0 Å². The normalized spacial score (nSPS) is 12.7. The van der Waals surface area contributed by atoms with E-state index in [-0.39, 0.29) is 23.4 Å². The molecule has 1 aromatic rings. The Kier molecular flexibility index (Phi) is 6.56. The van der Waals surface area contributed by atoms with Crippen molar-refractivity contribution in [3.63, 3.8) is 0 Å². The van der Waals surface area contributed by atoms with Crippen LogP contribution in [0.25, 0.3) is 0 Å². The van der Waals surface area contributed by atoms with Gasteiger partial charge >= 0.3 is 5.97 Å². The molecule has 0 aliphatic carbocycles. The molecule has 0 aromatic heterocycles. The van der Waals surface area contributed by atoms with E-state index in [4.69, 9.17) is 5.11 Å². The van der Waals surface area contributed by atoms with E-state index in [0.29, 0.717) is 19.3 Å². The van der Waals surface area contributed by atoms with Crippen LogP contribution in [0.2, 0.25) is 0 Å². The number of hydrogen-bond acceptors (Lipinski definition) is 3. The number of aliphatic hydroxyl groups excluding tert-OH is 1. The van der Waals surface area contributed by atoms with Crippen LogP contribution in [-0.2, 0) is 11.2 Å². The summed E-state index contributed by atoms with van der Waals surface area (Å²) in [5.41, 5.74) is 1.17. The Bertz CT molecular complexity index is 502. The molecule has 22 heavy (non-hydrogen) atoms. The van der Waals surface area contributed by atoms with E-state index in [1.54, 1.807) is 12.1 Å². The lowest BCUT2D eigenvalue weighted by Gasteiger charge is -2.22. The molecule has 0 saturated carbocycles. The van der Waals surface area contributed by atoms with E-state index in [1.165, 1.54) is 12.1 Å². The van der Waals surface area contributed by atoms with Gasteiger partial charge < -0.3 is 15.5 Å². The summed E-state index contributed by atoms with van der Waals surface area (Å²) in [5.74, 6) is -1.08. The molecule has 0 aliphatic heterocycles. The van der Waals surface area contributed by atoms with E-state index in [9.17, 15) is 14.7 Å². The van der Waals surface area contributed by atoms with Gasteiger partial charge in [-0.1, -0.05) is 32.9 Å². The van der Waals surface area contributed by atoms with Crippen molar-refractivity contribution in [2.75, 3.05) is 6.54 Å². The average molecular weight is 307 g/mol. The van der Waals surface area contributed by atoms with Crippen molar-refractivity contribution >= 4 is 11.9 Å². The predicted molar refractivity (Wildman–Crippen MR) is 84.8 cm³/mol. The minimum absolute atomic E-state index is 0.0238. The minimum atomic E-state index is -0.961. The van der Waals surface area contributed by atoms with E-state index < -0.39 is 12.1 Å². The van der Waals surface area contributed by atoms with Gasteiger partial charge in [0.25, 0.3) is 0 Å². The van der Waals surface area contributed by atoms with Crippen molar-refractivity contribution in [2.45, 2.75) is 46.1 Å². The average Bonchev–Trinajstić information content (AvgIpc) is 2.41. The molecular weight excluding hydrogens is 282 g/mol. The van der Waals surface area contributed by atoms with Crippen LogP contribution in [0.3, 0.4) is 0 Å². The van der Waals surface area contributed by atoms with Crippen molar-refractivity contribution in [2.24, 2.45) is 5.41 Å². The minimum Gasteiger partial charge on any atom is -0.478 e. The van der Waals surface area contributed by atoms with Crippen LogP contribution in [0.1, 0.15) is 49.5 Å². The van der Waals surface area contributed by atoms with Crippen molar-refractivity contribution in [3.05, 3.63) is 35.4 Å². The summed E-state index contributed by atoms with van der Waals surface area (Å²) in [4.78, 5) is 22.5. The number of benzene rings is 1. The summed E-state index contributed by atoms with van der Waals surface area (Å²) in [6.07, 6.45) is 0.943. The molecule has 0 aliphatic rings. The van der Waals surface area contributed by atoms with Gasteiger partial charge in [0.15, 0.2) is 0 Å². The van der Waals surface area contributed by atoms with Crippen LogP contribution < -0.4 is 5.32 Å². The number of carboxylic acids is 1. The molecule has 5 heteroatoms. The highest BCUT2D eigenvalue weighted by Gasteiger charge is 2.17. The molecule has 0 radical (unpaired) electrons. The van der Waals surface area contributed by atoms with Gasteiger partial charge in [-0.2, -0.15) is 0 Å². The molecule has 0 heterocycles. The molecule has 1 aromatic carbocycles. The molecule has 1 atom stereocenters. The highest BCUT2D eigenvalue weighted by atomic mass is 16.4. The standard InChI is InChI=1S/C17H25NO4/c1-17(2,3)10-14(19)11-18-15(20)9-6-12-4-7-13(8-5-12)16(21)22/h4-5,7-8,14,19H,6,9-11H2,1-3H3,(H,18,20)(H,21,22). The van der Waals surface area contributed by atoms with Gasteiger partial charge in [-0.05, 0) is 36.0 Å². The first-order valence-corrected chi connectivity index (χ1v) is 7.44. The topological polar surface area (TPSA) is 86.6 Å². The Hall–Kier alpha value is -1.88. The Labute approximate surface area is 131 Å². The number of rotatable bonds is 7. The number of aliphatic hydroxyl groups is 1. The van der Waals surface area contributed by atoms with Gasteiger partial charge in [0, 0.05) is 13.0 Å². The number of nitrogens with one attached hydrogen (secondary N) is 1. The third-order valence-corrected chi connectivity index (χ3v) is 3.22. The molecule has 0 bridgehead atoms. The van der Waals surface area contributed by atoms with Crippen LogP contribution in [0.15, 0.2) is 24.3 Å². The maximum atomic E-state index is 11.7. The molecule has 1 rings (SSSR count). The van der Waals surface area contributed by atoms with E-state index in [2.05, 4.69) is 5.32 Å². The first-order valence-electron chi connectivity index (χ1n) is 7.44. The summed E-state index contributed by atoms with van der Waals surface area (Å²) in [5, 5.41) is 21.4. The van der Waals surface area contributed by atoms with Crippen LogP contribution in [0.5, 0.6) is 0 Å². The Morgan fingerprint density at radius 1 is 1.18 bits per heavy atom. The molecular formula is C17H25NO4. The maximum absolute atomic E-state index is 11.7. The lowest BCUT2D eigenvalue weighted by molar-refractivity contribution is -0.121. The fraction of sp³-hybridized carbons (Fsp3) is 0.529. The highest BCUT2D eigenvalue weighted by Crippen LogP contribution is 2.20. The number of hydrogen-bond donors (Lipinski definition) is 3. The predicted octanol–water partition coefficient (Wildman–Crippen LogP) is 2.23. The summed E-state index contributed by atoms with van der Waals surface area (Å²) < 4.78 is 0. The van der Waals surface area contributed by atoms with E-state index >= 15 is 0 Å². The number of amides is 1. The number of aryl methyl sites for hydroxylation is 1. The number of aromatic carboxylic acids is 1. The molecule has 3 N–H and O–H groups in total. The molecule has 5 nitrogen and oxygen atoms in total. The zero-order chi connectivity index (χ0) is 16.8. The number of carbonyl (C=O) groups is 2. The number of carbonyl (C=O) groups excluding carboxylic acids is 1. The zero-order valence-corrected chi connectivity index (χ0v) is 13.4. The summed E-state index contributed by atoms with van der Waals surface area (Å²) in [7, 11) is 0. The van der Waals surface area contributed by atoms with Gasteiger partial charge in [0.1, 0.15) is 0 Å². The molecule has 0 fully saturated rings. The molecule has 0 saturated heterocycles. The monoisotopic (exact) mass is 307 g/mol. The SMILES string of the molecule is CC(C)(C)CC(O)CNC(=O)CCc1ccc(C(=O)O)cc1. The van der Waals surface area contributed by atoms with Crippen LogP contribution >= 0.6 is 0 Å². The van der Waals surface area contributed by atoms with Gasteiger partial charge in [-0.25, -0.2) is 4.79 Å². The van der Waals surface area contributed by atoms with Crippen LogP contribution in [0.4, 0.5) is 0 Å². The first-order chi connectivity index (χ1) is 10.2. The van der Waals surface area contributed by atoms with Gasteiger partial charge in [0.05, 0.1) is 11.7 Å². The van der Waals surface area contributed by atoms with Crippen molar-refractivity contribution < 1.29 is 19.8 Å². The summed E-state index contributed by atoms with van der Waals surface area (Å²) >= 11 is 0. The van der Waals surface area contributed by atoms with Crippen LogP contribution in [0, 0.1) is 5.41 Å². The smallest absolute Gasteiger partial charge is 0.335 e. The third-order valence-electron chi connectivity index (χ3n) is 3.22. The Morgan fingerprint density at radius 3 is 2.27 bits per heavy atom. The van der Waals surface area contributed by atoms with E-state index in [1.807, 2.05) is 20.8 Å². The molecule has 1 amide bonds. The lowest BCUT2D eigenvalue weighted by Crippen LogP contribution is -2.34. The van der Waals surface area contributed by atoms with Crippen molar-refractivity contribution in [1.82, 2.24) is 5.32 Å². The summed E-state index contributed by atoms with van der Waals surface area (Å²) in [6.45, 7) is 6.38. The lowest BCUT2D eigenvalue weighted by atomic mass is 9.89. The van der Waals surface area contributed by atoms with Gasteiger partial charge in [-0.3, -0.25) is 4.79 Å². The third kappa shape index (κ3) is 7.22. The molecule has 122 valence electrons. The quantitative estimate of drug-likeness (QED) is 0.721. The Balaban J connectivity index is 2.32. The highest BCUT2D eigenvalue weighted by molar-refractivity contribution is 5.87. The fourth-order valence-electron chi connectivity index (χ4n) is 2.17. The van der Waals surface area contributed by atoms with Gasteiger partial charge in [0.2, 0.25) is 5.91 Å². The van der Waals surface area contributed by atoms with Crippen molar-refractivity contribution in [3.8, 4) is 0 Å². The molecule has 1 unspecified atom stereocenters. The van der Waals surface area contributed by atoms with E-state index in [0.717, 1.165) is 5.56 Å². The fourth-order valence-corrected chi connectivity index (χ4v) is 2.17. The number of carboxylic acid groups (broad SMARTS) is 1. The Morgan fingerprint density at radius 2 is 1.77 bits per heavy atom. The molecule has 0 spiro atoms. The largest absolute Gasteiger partial charge is 0.478 e. The van der Waals surface area contributed by atoms with Crippen molar-refractivity contribution in [1.29, 1.82) is 0 Å². The van der Waals surface area contributed by atoms with Crippen LogP contribution in [-0.4, -0.2) is 34.7 Å². The zero-order valence-electron chi connectivity index (χ0n) is 13.4. The second-order valence-electron chi connectivity index (χ2n) is 6.72. The first kappa shape index (κ1) is 18.2. The summed E-state index contributed by atoms with van der Waals surface area (Å²) in [6, 6.07) is 6.49. The second kappa shape index (κ2) is 7.94.